The molecule has 0 radical (unpaired) electrons. The third-order valence-corrected chi connectivity index (χ3v) is 6.34. The molecule has 1 heterocycles. The van der Waals surface area contributed by atoms with Gasteiger partial charge in [0.25, 0.3) is 11.8 Å². The van der Waals surface area contributed by atoms with E-state index in [4.69, 9.17) is 16.3 Å². The molecule has 0 atom stereocenters. The molecule has 0 aliphatic carbocycles. The lowest BCUT2D eigenvalue weighted by atomic mass is 10.1. The maximum atomic E-state index is 13.1. The third kappa shape index (κ3) is 5.34. The van der Waals surface area contributed by atoms with Crippen LogP contribution in [0.1, 0.15) is 48.2 Å². The van der Waals surface area contributed by atoms with E-state index in [0.717, 1.165) is 41.7 Å². The molecule has 0 aromatic heterocycles. The Morgan fingerprint density at radius 3 is 2.28 bits per heavy atom. The van der Waals surface area contributed by atoms with Crippen LogP contribution in [-0.2, 0) is 22.4 Å². The summed E-state index contributed by atoms with van der Waals surface area (Å²) in [5.41, 5.74) is 3.40. The smallest absolute Gasteiger partial charge is 0.343 e. The second kappa shape index (κ2) is 11.2. The maximum Gasteiger partial charge on any atom is 0.343 e. The average Bonchev–Trinajstić information content (AvgIpc) is 3.11. The molecule has 0 saturated carbocycles. The van der Waals surface area contributed by atoms with Crippen LogP contribution in [-0.4, -0.2) is 17.8 Å². The number of carbonyl (C=O) groups is 3. The standard InChI is InChI=1S/C29H27ClN2O4/c1-3-5-8-19-11-17-23(18-12-19)32-27(33)25(30)26(28(32)34)31-22-15-13-21(14-16-22)29(35)36-24-10-7-6-9-20(24)4-2/h6-7,9-18,31H,3-5,8H2,1-2H3. The molecule has 6 nitrogen and oxygen atoms in total. The van der Waals surface area contributed by atoms with Crippen LogP contribution in [0.15, 0.2) is 83.5 Å². The molecule has 36 heavy (non-hydrogen) atoms. The van der Waals surface area contributed by atoms with Crippen LogP contribution in [0.2, 0.25) is 0 Å². The summed E-state index contributed by atoms with van der Waals surface area (Å²) in [5.74, 6) is -1.08. The van der Waals surface area contributed by atoms with Gasteiger partial charge in [0.1, 0.15) is 16.5 Å². The fourth-order valence-corrected chi connectivity index (χ4v) is 4.14. The zero-order valence-corrected chi connectivity index (χ0v) is 21.0. The first-order valence-corrected chi connectivity index (χ1v) is 12.3. The average molecular weight is 503 g/mol. The highest BCUT2D eigenvalue weighted by Crippen LogP contribution is 2.30. The molecule has 0 bridgehead atoms. The number of unbranched alkanes of at least 4 members (excludes halogenated alkanes) is 1. The summed E-state index contributed by atoms with van der Waals surface area (Å²) < 4.78 is 5.54. The lowest BCUT2D eigenvalue weighted by Crippen LogP contribution is -2.32. The van der Waals surface area contributed by atoms with Crippen molar-refractivity contribution in [2.75, 3.05) is 10.2 Å². The number of aryl methyl sites for hydroxylation is 2. The van der Waals surface area contributed by atoms with Crippen LogP contribution in [0.5, 0.6) is 5.75 Å². The van der Waals surface area contributed by atoms with Gasteiger partial charge in [-0.2, -0.15) is 0 Å². The van der Waals surface area contributed by atoms with Crippen molar-refractivity contribution in [1.29, 1.82) is 0 Å². The van der Waals surface area contributed by atoms with Crippen molar-refractivity contribution < 1.29 is 19.1 Å². The monoisotopic (exact) mass is 502 g/mol. The highest BCUT2D eigenvalue weighted by Gasteiger charge is 2.38. The van der Waals surface area contributed by atoms with Crippen molar-refractivity contribution in [2.24, 2.45) is 0 Å². The van der Waals surface area contributed by atoms with Gasteiger partial charge in [-0.05, 0) is 72.9 Å². The molecule has 1 aliphatic heterocycles. The SMILES string of the molecule is CCCCc1ccc(N2C(=O)C(Cl)=C(Nc3ccc(C(=O)Oc4ccccc4CC)cc3)C2=O)cc1. The molecular formula is C29H27ClN2O4. The number of halogens is 1. The Hall–Kier alpha value is -3.90. The van der Waals surface area contributed by atoms with E-state index < -0.39 is 17.8 Å². The minimum atomic E-state index is -0.583. The van der Waals surface area contributed by atoms with Crippen LogP contribution >= 0.6 is 11.6 Å². The van der Waals surface area contributed by atoms with Gasteiger partial charge in [-0.25, -0.2) is 9.69 Å². The molecule has 1 N–H and O–H groups in total. The maximum absolute atomic E-state index is 13.1. The number of para-hydroxylation sites is 1. The summed E-state index contributed by atoms with van der Waals surface area (Å²) in [6, 6.07) is 21.2. The molecule has 0 unspecified atom stereocenters. The van der Waals surface area contributed by atoms with Crippen molar-refractivity contribution in [2.45, 2.75) is 39.5 Å². The van der Waals surface area contributed by atoms with Gasteiger partial charge in [0.2, 0.25) is 0 Å². The topological polar surface area (TPSA) is 75.7 Å². The second-order valence-electron chi connectivity index (χ2n) is 8.46. The summed E-state index contributed by atoms with van der Waals surface area (Å²) in [5, 5.41) is 2.74. The zero-order valence-electron chi connectivity index (χ0n) is 20.2. The number of anilines is 2. The molecule has 0 fully saturated rings. The predicted octanol–water partition coefficient (Wildman–Crippen LogP) is 6.25. The number of hydrogen-bond donors (Lipinski definition) is 1. The van der Waals surface area contributed by atoms with Gasteiger partial charge in [-0.3, -0.25) is 9.59 Å². The zero-order chi connectivity index (χ0) is 25.7. The van der Waals surface area contributed by atoms with E-state index >= 15 is 0 Å². The van der Waals surface area contributed by atoms with Gasteiger partial charge in [0.05, 0.1) is 11.3 Å². The molecular weight excluding hydrogens is 476 g/mol. The number of nitrogens with one attached hydrogen (secondary N) is 1. The van der Waals surface area contributed by atoms with Gasteiger partial charge in [-0.15, -0.1) is 0 Å². The quantitative estimate of drug-likeness (QED) is 0.213. The van der Waals surface area contributed by atoms with Gasteiger partial charge in [0, 0.05) is 5.69 Å². The van der Waals surface area contributed by atoms with E-state index in [2.05, 4.69) is 12.2 Å². The first-order valence-electron chi connectivity index (χ1n) is 12.0. The van der Waals surface area contributed by atoms with Crippen molar-refractivity contribution in [1.82, 2.24) is 0 Å². The van der Waals surface area contributed by atoms with E-state index in [0.29, 0.717) is 22.7 Å². The molecule has 1 aliphatic rings. The normalized spacial score (nSPS) is 13.4. The Kier molecular flexibility index (Phi) is 7.86. The van der Waals surface area contributed by atoms with Crippen molar-refractivity contribution in [3.8, 4) is 5.75 Å². The molecule has 0 saturated heterocycles. The number of hydrogen-bond acceptors (Lipinski definition) is 5. The van der Waals surface area contributed by atoms with Crippen molar-refractivity contribution in [3.63, 3.8) is 0 Å². The van der Waals surface area contributed by atoms with Crippen LogP contribution in [0.3, 0.4) is 0 Å². The summed E-state index contributed by atoms with van der Waals surface area (Å²) >= 11 is 6.25. The van der Waals surface area contributed by atoms with Crippen LogP contribution in [0.4, 0.5) is 11.4 Å². The largest absolute Gasteiger partial charge is 0.423 e. The Bertz CT molecular complexity index is 1310. The van der Waals surface area contributed by atoms with E-state index in [1.165, 1.54) is 0 Å². The number of rotatable bonds is 9. The predicted molar refractivity (Wildman–Crippen MR) is 141 cm³/mol. The van der Waals surface area contributed by atoms with Gasteiger partial charge in [0.15, 0.2) is 0 Å². The summed E-state index contributed by atoms with van der Waals surface area (Å²) in [6.45, 7) is 4.12. The van der Waals surface area contributed by atoms with E-state index in [9.17, 15) is 14.4 Å². The van der Waals surface area contributed by atoms with Crippen LogP contribution in [0.25, 0.3) is 0 Å². The summed E-state index contributed by atoms with van der Waals surface area (Å²) in [4.78, 5) is 39.5. The first-order chi connectivity index (χ1) is 17.4. The molecule has 4 rings (SSSR count). The highest BCUT2D eigenvalue weighted by molar-refractivity contribution is 6.53. The first kappa shape index (κ1) is 25.2. The van der Waals surface area contributed by atoms with E-state index in [1.807, 2.05) is 37.3 Å². The molecule has 7 heteroatoms. The van der Waals surface area contributed by atoms with Gasteiger partial charge in [-0.1, -0.05) is 62.2 Å². The highest BCUT2D eigenvalue weighted by atomic mass is 35.5. The summed E-state index contributed by atoms with van der Waals surface area (Å²) in [7, 11) is 0. The molecule has 3 aromatic carbocycles. The minimum Gasteiger partial charge on any atom is -0.423 e. The Labute approximate surface area is 215 Å². The lowest BCUT2D eigenvalue weighted by molar-refractivity contribution is -0.120. The van der Waals surface area contributed by atoms with Crippen molar-refractivity contribution in [3.05, 3.63) is 100 Å². The second-order valence-corrected chi connectivity index (χ2v) is 8.84. The van der Waals surface area contributed by atoms with Crippen LogP contribution < -0.4 is 15.0 Å². The van der Waals surface area contributed by atoms with E-state index in [-0.39, 0.29) is 10.7 Å². The lowest BCUT2D eigenvalue weighted by Gasteiger charge is -2.15. The fraction of sp³-hybridized carbons (Fsp3) is 0.207. The number of nitrogens with zero attached hydrogens (tertiary/aromatic N) is 1. The van der Waals surface area contributed by atoms with Gasteiger partial charge >= 0.3 is 5.97 Å². The molecule has 3 aromatic rings. The van der Waals surface area contributed by atoms with E-state index in [1.54, 1.807) is 42.5 Å². The fourth-order valence-electron chi connectivity index (χ4n) is 3.93. The van der Waals surface area contributed by atoms with Gasteiger partial charge < -0.3 is 10.1 Å². The number of ether oxygens (including phenoxy) is 1. The number of imide groups is 1. The Balaban J connectivity index is 1.45. The Morgan fingerprint density at radius 1 is 0.917 bits per heavy atom. The molecule has 184 valence electrons. The number of amides is 2. The number of esters is 1. The van der Waals surface area contributed by atoms with Crippen molar-refractivity contribution >= 4 is 40.8 Å². The molecule has 0 spiro atoms. The number of carbonyl (C=O) groups excluding carboxylic acids is 3. The summed E-state index contributed by atoms with van der Waals surface area (Å²) in [6.07, 6.45) is 3.85. The molecule has 2 amide bonds. The van der Waals surface area contributed by atoms with Crippen LogP contribution in [0, 0.1) is 0 Å². The Morgan fingerprint density at radius 2 is 1.61 bits per heavy atom. The minimum absolute atomic E-state index is 0.0103. The third-order valence-electron chi connectivity index (χ3n) is 5.99. The number of benzene rings is 3.